The number of benzene rings is 10. The van der Waals surface area contributed by atoms with E-state index in [4.69, 9.17) is 0 Å². The van der Waals surface area contributed by atoms with Gasteiger partial charge in [-0.1, -0.05) is 194 Å². The first-order valence-electron chi connectivity index (χ1n) is 19.7. The second kappa shape index (κ2) is 13.7. The molecule has 0 unspecified atom stereocenters. The van der Waals surface area contributed by atoms with Crippen LogP contribution >= 0.6 is 0 Å². The lowest BCUT2D eigenvalue weighted by atomic mass is 9.84. The molecule has 1 aromatic heterocycles. The van der Waals surface area contributed by atoms with E-state index in [1.165, 1.54) is 87.6 Å². The third kappa shape index (κ3) is 5.63. The third-order valence-corrected chi connectivity index (χ3v) is 11.6. The zero-order valence-corrected chi connectivity index (χ0v) is 31.3. The molecule has 0 aliphatic carbocycles. The van der Waals surface area contributed by atoms with Gasteiger partial charge < -0.3 is 4.57 Å². The Bertz CT molecular complexity index is 3200. The molecule has 0 fully saturated rings. The van der Waals surface area contributed by atoms with Gasteiger partial charge in [-0.15, -0.1) is 0 Å². The quantitative estimate of drug-likeness (QED) is 0.151. The van der Waals surface area contributed by atoms with Gasteiger partial charge in [0.25, 0.3) is 0 Å². The highest BCUT2D eigenvalue weighted by atomic mass is 15.0. The lowest BCUT2D eigenvalue weighted by Crippen LogP contribution is -2.00. The molecule has 1 heteroatoms. The maximum atomic E-state index is 2.43. The van der Waals surface area contributed by atoms with Crippen LogP contribution in [0.2, 0.25) is 0 Å². The maximum absolute atomic E-state index is 2.43. The van der Waals surface area contributed by atoms with Crippen LogP contribution in [-0.2, 0) is 0 Å². The van der Waals surface area contributed by atoms with Crippen LogP contribution in [0.15, 0.2) is 224 Å². The summed E-state index contributed by atoms with van der Waals surface area (Å²) >= 11 is 0. The Labute approximate surface area is 332 Å². The van der Waals surface area contributed by atoms with Gasteiger partial charge in [-0.05, 0) is 118 Å². The average molecular weight is 724 g/mol. The van der Waals surface area contributed by atoms with Crippen molar-refractivity contribution >= 4 is 43.1 Å². The molecule has 0 aliphatic rings. The van der Waals surface area contributed by atoms with Gasteiger partial charge in [0.05, 0.1) is 11.4 Å². The Morgan fingerprint density at radius 2 is 0.772 bits per heavy atom. The zero-order valence-electron chi connectivity index (χ0n) is 31.3. The molecule has 0 amide bonds. The predicted molar refractivity (Wildman–Crippen MR) is 243 cm³/mol. The second-order valence-corrected chi connectivity index (χ2v) is 14.9. The molecule has 0 N–H and O–H groups in total. The SMILES string of the molecule is c1ccc(-c2ccc(-c3ccccc3)n2-c2ccc3c(-c4cccc5ccccc45)c4ccccc4c(-c4ccc(-c5ccc6ccccc6c5)cc4)c3c2)cc1. The highest BCUT2D eigenvalue weighted by Crippen LogP contribution is 2.47. The predicted octanol–water partition coefficient (Wildman–Crippen LogP) is 15.4. The molecule has 11 rings (SSSR count). The molecular formula is C56H37N. The molecule has 10 aromatic carbocycles. The molecule has 0 radical (unpaired) electrons. The molecular weight excluding hydrogens is 687 g/mol. The molecule has 0 aliphatic heterocycles. The number of aromatic nitrogens is 1. The first kappa shape index (κ1) is 32.9. The van der Waals surface area contributed by atoms with Gasteiger partial charge in [0.1, 0.15) is 0 Å². The van der Waals surface area contributed by atoms with Crippen LogP contribution in [0.3, 0.4) is 0 Å². The Kier molecular flexibility index (Phi) is 7.89. The molecule has 0 saturated heterocycles. The number of nitrogens with zero attached hydrogens (tertiary/aromatic N) is 1. The van der Waals surface area contributed by atoms with Crippen molar-refractivity contribution in [3.63, 3.8) is 0 Å². The minimum absolute atomic E-state index is 1.12. The molecule has 11 aromatic rings. The maximum Gasteiger partial charge on any atom is 0.0535 e. The third-order valence-electron chi connectivity index (χ3n) is 11.6. The van der Waals surface area contributed by atoms with Crippen LogP contribution in [0.5, 0.6) is 0 Å². The van der Waals surface area contributed by atoms with Crippen molar-refractivity contribution in [2.75, 3.05) is 0 Å². The van der Waals surface area contributed by atoms with E-state index in [1.807, 2.05) is 0 Å². The Morgan fingerprint density at radius 1 is 0.246 bits per heavy atom. The van der Waals surface area contributed by atoms with Crippen molar-refractivity contribution in [3.8, 4) is 61.6 Å². The van der Waals surface area contributed by atoms with Crippen LogP contribution in [0.4, 0.5) is 0 Å². The summed E-state index contributed by atoms with van der Waals surface area (Å²) < 4.78 is 2.43. The van der Waals surface area contributed by atoms with Crippen molar-refractivity contribution < 1.29 is 0 Å². The van der Waals surface area contributed by atoms with Crippen LogP contribution in [0, 0.1) is 0 Å². The Morgan fingerprint density at radius 3 is 1.47 bits per heavy atom. The molecule has 0 saturated carbocycles. The van der Waals surface area contributed by atoms with Crippen molar-refractivity contribution in [3.05, 3.63) is 224 Å². The first-order chi connectivity index (χ1) is 28.3. The highest BCUT2D eigenvalue weighted by molar-refractivity contribution is 6.23. The van der Waals surface area contributed by atoms with E-state index in [0.29, 0.717) is 0 Å². The summed E-state index contributed by atoms with van der Waals surface area (Å²) in [5.41, 5.74) is 13.2. The summed E-state index contributed by atoms with van der Waals surface area (Å²) in [5, 5.41) is 9.95. The molecule has 1 nitrogen and oxygen atoms in total. The fraction of sp³-hybridized carbons (Fsp3) is 0. The van der Waals surface area contributed by atoms with Crippen LogP contribution in [-0.4, -0.2) is 4.57 Å². The van der Waals surface area contributed by atoms with E-state index in [9.17, 15) is 0 Å². The van der Waals surface area contributed by atoms with Gasteiger partial charge in [-0.25, -0.2) is 0 Å². The van der Waals surface area contributed by atoms with E-state index in [-0.39, 0.29) is 0 Å². The summed E-state index contributed by atoms with van der Waals surface area (Å²) in [5.74, 6) is 0. The summed E-state index contributed by atoms with van der Waals surface area (Å²) in [4.78, 5) is 0. The van der Waals surface area contributed by atoms with Crippen molar-refractivity contribution in [2.24, 2.45) is 0 Å². The number of fused-ring (bicyclic) bond motifs is 4. The minimum atomic E-state index is 1.12. The first-order valence-corrected chi connectivity index (χ1v) is 19.7. The standard InChI is InChI=1S/C56H37N/c1-3-16-41(17-4-1)53-34-35-54(42-18-5-2-6-19-42)57(53)46-32-33-51-52(37-46)55(43-29-26-39(27-30-43)45-31-28-38-14-7-8-20-44(38)36-45)49-23-11-12-24-50(49)56(51)48-25-13-21-40-15-9-10-22-47(40)48/h1-37H. The lowest BCUT2D eigenvalue weighted by Gasteiger charge is -2.21. The van der Waals surface area contributed by atoms with E-state index in [2.05, 4.69) is 229 Å². The second-order valence-electron chi connectivity index (χ2n) is 14.9. The molecule has 266 valence electrons. The molecule has 1 heterocycles. The summed E-state index contributed by atoms with van der Waals surface area (Å²) in [6.45, 7) is 0. The fourth-order valence-electron chi connectivity index (χ4n) is 8.93. The van der Waals surface area contributed by atoms with E-state index in [0.717, 1.165) is 17.1 Å². The van der Waals surface area contributed by atoms with E-state index >= 15 is 0 Å². The largest absolute Gasteiger partial charge is 0.309 e. The number of hydrogen-bond acceptors (Lipinski definition) is 0. The van der Waals surface area contributed by atoms with Gasteiger partial charge in [0, 0.05) is 5.69 Å². The van der Waals surface area contributed by atoms with E-state index in [1.54, 1.807) is 0 Å². The monoisotopic (exact) mass is 723 g/mol. The van der Waals surface area contributed by atoms with Gasteiger partial charge in [0.15, 0.2) is 0 Å². The van der Waals surface area contributed by atoms with Crippen molar-refractivity contribution in [1.82, 2.24) is 4.57 Å². The zero-order chi connectivity index (χ0) is 37.7. The van der Waals surface area contributed by atoms with Crippen LogP contribution in [0.25, 0.3) is 105 Å². The molecule has 0 atom stereocenters. The Balaban J connectivity index is 1.20. The highest BCUT2D eigenvalue weighted by Gasteiger charge is 2.21. The summed E-state index contributed by atoms with van der Waals surface area (Å²) in [6.07, 6.45) is 0. The normalized spacial score (nSPS) is 11.5. The fourth-order valence-corrected chi connectivity index (χ4v) is 8.93. The van der Waals surface area contributed by atoms with Gasteiger partial charge >= 0.3 is 0 Å². The number of rotatable bonds is 6. The van der Waals surface area contributed by atoms with Crippen LogP contribution in [0.1, 0.15) is 0 Å². The summed E-state index contributed by atoms with van der Waals surface area (Å²) in [6, 6.07) is 82.1. The van der Waals surface area contributed by atoms with Gasteiger partial charge in [-0.3, -0.25) is 0 Å². The lowest BCUT2D eigenvalue weighted by molar-refractivity contribution is 1.10. The minimum Gasteiger partial charge on any atom is -0.309 e. The van der Waals surface area contributed by atoms with Gasteiger partial charge in [-0.2, -0.15) is 0 Å². The topological polar surface area (TPSA) is 4.93 Å². The smallest absolute Gasteiger partial charge is 0.0535 e. The number of hydrogen-bond donors (Lipinski definition) is 0. The molecule has 0 spiro atoms. The van der Waals surface area contributed by atoms with E-state index < -0.39 is 0 Å². The average Bonchev–Trinajstić information content (AvgIpc) is 3.74. The van der Waals surface area contributed by atoms with Crippen LogP contribution < -0.4 is 0 Å². The van der Waals surface area contributed by atoms with Gasteiger partial charge in [0.2, 0.25) is 0 Å². The Hall–Kier alpha value is -7.48. The molecule has 57 heavy (non-hydrogen) atoms. The molecule has 0 bridgehead atoms. The summed E-state index contributed by atoms with van der Waals surface area (Å²) in [7, 11) is 0. The van der Waals surface area contributed by atoms with Crippen molar-refractivity contribution in [2.45, 2.75) is 0 Å². The van der Waals surface area contributed by atoms with Crippen molar-refractivity contribution in [1.29, 1.82) is 0 Å².